The van der Waals surface area contributed by atoms with Crippen molar-refractivity contribution in [3.8, 4) is 0 Å². The predicted octanol–water partition coefficient (Wildman–Crippen LogP) is 3.60. The standard InChI is InChI=1S/C13H14ClNO4/c1-8(12(16)19-13(2,3)4)10-7-9(14)5-6-11(10)15(17)18/h5-7H,1H2,2-4H3. The van der Waals surface area contributed by atoms with Gasteiger partial charge in [0.1, 0.15) is 5.60 Å². The summed E-state index contributed by atoms with van der Waals surface area (Å²) in [5.74, 6) is -0.710. The average molecular weight is 284 g/mol. The number of carbonyl (C=O) groups is 1. The van der Waals surface area contributed by atoms with Crippen molar-refractivity contribution in [2.45, 2.75) is 26.4 Å². The summed E-state index contributed by atoms with van der Waals surface area (Å²) in [4.78, 5) is 22.2. The Morgan fingerprint density at radius 1 is 1.42 bits per heavy atom. The first-order valence-corrected chi connectivity index (χ1v) is 5.86. The molecule has 1 rings (SSSR count). The van der Waals surface area contributed by atoms with Crippen LogP contribution in [0.1, 0.15) is 26.3 Å². The summed E-state index contributed by atoms with van der Waals surface area (Å²) in [6.07, 6.45) is 0. The number of hydrogen-bond donors (Lipinski definition) is 0. The van der Waals surface area contributed by atoms with E-state index in [1.54, 1.807) is 20.8 Å². The summed E-state index contributed by atoms with van der Waals surface area (Å²) < 4.78 is 5.12. The van der Waals surface area contributed by atoms with Crippen LogP contribution in [-0.2, 0) is 9.53 Å². The molecule has 0 saturated carbocycles. The van der Waals surface area contributed by atoms with Crippen molar-refractivity contribution in [1.82, 2.24) is 0 Å². The number of nitro groups is 1. The zero-order valence-electron chi connectivity index (χ0n) is 10.9. The van der Waals surface area contributed by atoms with Gasteiger partial charge in [-0.2, -0.15) is 0 Å². The van der Waals surface area contributed by atoms with E-state index in [4.69, 9.17) is 16.3 Å². The lowest BCUT2D eigenvalue weighted by atomic mass is 10.1. The summed E-state index contributed by atoms with van der Waals surface area (Å²) in [7, 11) is 0. The molecule has 0 aliphatic heterocycles. The molecule has 0 spiro atoms. The zero-order chi connectivity index (χ0) is 14.8. The fraction of sp³-hybridized carbons (Fsp3) is 0.308. The van der Waals surface area contributed by atoms with E-state index in [1.165, 1.54) is 18.2 Å². The molecule has 0 fully saturated rings. The summed E-state index contributed by atoms with van der Waals surface area (Å²) in [6.45, 7) is 8.65. The van der Waals surface area contributed by atoms with Crippen LogP contribution in [0.15, 0.2) is 24.8 Å². The van der Waals surface area contributed by atoms with Gasteiger partial charge in [0.05, 0.1) is 16.1 Å². The molecular weight excluding hydrogens is 270 g/mol. The third-order valence-electron chi connectivity index (χ3n) is 2.13. The fourth-order valence-corrected chi connectivity index (χ4v) is 1.53. The van der Waals surface area contributed by atoms with Crippen LogP contribution in [0.3, 0.4) is 0 Å². The third-order valence-corrected chi connectivity index (χ3v) is 2.36. The van der Waals surface area contributed by atoms with E-state index in [1.807, 2.05) is 0 Å². The van der Waals surface area contributed by atoms with Gasteiger partial charge in [-0.25, -0.2) is 4.79 Å². The summed E-state index contributed by atoms with van der Waals surface area (Å²) >= 11 is 5.79. The molecule has 0 N–H and O–H groups in total. The molecule has 0 unspecified atom stereocenters. The molecule has 19 heavy (non-hydrogen) atoms. The Kier molecular flexibility index (Phi) is 4.32. The van der Waals surface area contributed by atoms with E-state index in [0.717, 1.165) is 0 Å². The molecule has 0 amide bonds. The Bertz CT molecular complexity index is 546. The minimum atomic E-state index is -0.710. The number of benzene rings is 1. The fourth-order valence-electron chi connectivity index (χ4n) is 1.36. The molecule has 5 nitrogen and oxygen atoms in total. The van der Waals surface area contributed by atoms with Crippen molar-refractivity contribution in [3.63, 3.8) is 0 Å². The normalized spacial score (nSPS) is 10.9. The molecule has 6 heteroatoms. The number of esters is 1. The van der Waals surface area contributed by atoms with Crippen molar-refractivity contribution in [3.05, 3.63) is 45.5 Å². The molecule has 0 heterocycles. The summed E-state index contributed by atoms with van der Waals surface area (Å²) in [5.41, 5.74) is -0.968. The lowest BCUT2D eigenvalue weighted by molar-refractivity contribution is -0.385. The summed E-state index contributed by atoms with van der Waals surface area (Å²) in [6, 6.07) is 3.94. The van der Waals surface area contributed by atoms with Gasteiger partial charge in [-0.1, -0.05) is 18.2 Å². The molecule has 0 aliphatic carbocycles. The number of nitrogens with zero attached hydrogens (tertiary/aromatic N) is 1. The molecule has 0 radical (unpaired) electrons. The Labute approximate surface area is 116 Å². The number of nitro benzene ring substituents is 1. The Morgan fingerprint density at radius 3 is 2.47 bits per heavy atom. The number of rotatable bonds is 3. The maximum Gasteiger partial charge on any atom is 0.338 e. The van der Waals surface area contributed by atoms with Crippen LogP contribution < -0.4 is 0 Å². The van der Waals surface area contributed by atoms with Gasteiger partial charge in [0.15, 0.2) is 0 Å². The molecule has 102 valence electrons. The second-order valence-electron chi connectivity index (χ2n) is 4.90. The van der Waals surface area contributed by atoms with Gasteiger partial charge in [0, 0.05) is 11.1 Å². The van der Waals surface area contributed by atoms with Gasteiger partial charge < -0.3 is 4.74 Å². The van der Waals surface area contributed by atoms with Crippen LogP contribution in [0.5, 0.6) is 0 Å². The monoisotopic (exact) mass is 283 g/mol. The van der Waals surface area contributed by atoms with Crippen molar-refractivity contribution >= 4 is 28.8 Å². The number of halogens is 1. The molecule has 0 saturated heterocycles. The number of ether oxygens (including phenoxy) is 1. The van der Waals surface area contributed by atoms with Crippen molar-refractivity contribution in [2.75, 3.05) is 0 Å². The first kappa shape index (κ1) is 15.2. The second kappa shape index (κ2) is 5.40. The van der Waals surface area contributed by atoms with Crippen LogP contribution in [0.4, 0.5) is 5.69 Å². The summed E-state index contributed by atoms with van der Waals surface area (Å²) in [5, 5.41) is 11.2. The van der Waals surface area contributed by atoms with E-state index in [0.29, 0.717) is 0 Å². The van der Waals surface area contributed by atoms with Gasteiger partial charge in [-0.15, -0.1) is 0 Å². The largest absolute Gasteiger partial charge is 0.456 e. The van der Waals surface area contributed by atoms with Crippen molar-refractivity contribution in [1.29, 1.82) is 0 Å². The minimum absolute atomic E-state index is 0.0618. The van der Waals surface area contributed by atoms with Gasteiger partial charge in [-0.3, -0.25) is 10.1 Å². The van der Waals surface area contributed by atoms with Crippen LogP contribution in [-0.4, -0.2) is 16.5 Å². The van der Waals surface area contributed by atoms with Gasteiger partial charge in [0.2, 0.25) is 0 Å². The molecule has 1 aromatic carbocycles. The van der Waals surface area contributed by atoms with E-state index in [-0.39, 0.29) is 21.8 Å². The zero-order valence-corrected chi connectivity index (χ0v) is 11.7. The molecule has 0 atom stereocenters. The maximum atomic E-state index is 11.9. The van der Waals surface area contributed by atoms with Gasteiger partial charge in [-0.05, 0) is 32.9 Å². The highest BCUT2D eigenvalue weighted by molar-refractivity contribution is 6.31. The van der Waals surface area contributed by atoms with Gasteiger partial charge >= 0.3 is 5.97 Å². The highest BCUT2D eigenvalue weighted by Crippen LogP contribution is 2.29. The topological polar surface area (TPSA) is 69.4 Å². The Balaban J connectivity index is 3.15. The molecular formula is C13H14ClNO4. The van der Waals surface area contributed by atoms with E-state index < -0.39 is 16.5 Å². The Morgan fingerprint density at radius 2 is 2.00 bits per heavy atom. The lowest BCUT2D eigenvalue weighted by Gasteiger charge is -2.20. The van der Waals surface area contributed by atoms with Crippen molar-refractivity contribution in [2.24, 2.45) is 0 Å². The van der Waals surface area contributed by atoms with Crippen LogP contribution in [0.25, 0.3) is 5.57 Å². The van der Waals surface area contributed by atoms with Crippen molar-refractivity contribution < 1.29 is 14.5 Å². The third kappa shape index (κ3) is 4.06. The second-order valence-corrected chi connectivity index (χ2v) is 5.34. The minimum Gasteiger partial charge on any atom is -0.456 e. The SMILES string of the molecule is C=C(C(=O)OC(C)(C)C)c1cc(Cl)ccc1[N+](=O)[O-]. The first-order chi connectivity index (χ1) is 8.61. The lowest BCUT2D eigenvalue weighted by Crippen LogP contribution is -2.24. The highest BCUT2D eigenvalue weighted by Gasteiger charge is 2.25. The molecule has 0 aromatic heterocycles. The molecule has 1 aromatic rings. The van der Waals surface area contributed by atoms with E-state index in [2.05, 4.69) is 6.58 Å². The van der Waals surface area contributed by atoms with Crippen LogP contribution >= 0.6 is 11.6 Å². The number of hydrogen-bond acceptors (Lipinski definition) is 4. The van der Waals surface area contributed by atoms with Gasteiger partial charge in [0.25, 0.3) is 5.69 Å². The Hall–Kier alpha value is -1.88. The van der Waals surface area contributed by atoms with E-state index in [9.17, 15) is 14.9 Å². The first-order valence-electron chi connectivity index (χ1n) is 5.48. The maximum absolute atomic E-state index is 11.9. The predicted molar refractivity (Wildman–Crippen MR) is 73.0 cm³/mol. The average Bonchev–Trinajstić information content (AvgIpc) is 2.25. The highest BCUT2D eigenvalue weighted by atomic mass is 35.5. The van der Waals surface area contributed by atoms with E-state index >= 15 is 0 Å². The number of carbonyl (C=O) groups excluding carboxylic acids is 1. The van der Waals surface area contributed by atoms with Crippen LogP contribution in [0.2, 0.25) is 5.02 Å². The quantitative estimate of drug-likeness (QED) is 0.368. The molecule has 0 aliphatic rings. The molecule has 0 bridgehead atoms. The van der Waals surface area contributed by atoms with Crippen LogP contribution in [0, 0.1) is 10.1 Å². The smallest absolute Gasteiger partial charge is 0.338 e.